The van der Waals surface area contributed by atoms with Crippen LogP contribution >= 0.6 is 11.3 Å². The highest BCUT2D eigenvalue weighted by Crippen LogP contribution is 2.19. The molecule has 0 saturated carbocycles. The molecule has 0 aliphatic rings. The highest BCUT2D eigenvalue weighted by atomic mass is 32.1. The van der Waals surface area contributed by atoms with Crippen molar-refractivity contribution in [2.24, 2.45) is 5.73 Å². The average Bonchev–Trinajstić information content (AvgIpc) is 2.59. The van der Waals surface area contributed by atoms with E-state index in [0.29, 0.717) is 12.2 Å². The molecule has 84 valence electrons. The lowest BCUT2D eigenvalue weighted by Crippen LogP contribution is -2.03. The summed E-state index contributed by atoms with van der Waals surface area (Å²) in [5, 5.41) is 0.987. The Bertz CT molecular complexity index is 336. The molecule has 0 bridgehead atoms. The first-order valence-electron chi connectivity index (χ1n) is 4.93. The standard InChI is InChI=1S/C10H16N2O2S/c1-7-9(10(13)14-2)12-8(15-7)5-3-4-6-11/h3-6,11H2,1-2H3. The Morgan fingerprint density at radius 1 is 1.53 bits per heavy atom. The number of rotatable bonds is 5. The second-order valence-electron chi connectivity index (χ2n) is 3.25. The summed E-state index contributed by atoms with van der Waals surface area (Å²) < 4.78 is 4.64. The molecule has 0 atom stereocenters. The first-order chi connectivity index (χ1) is 7.19. The van der Waals surface area contributed by atoms with E-state index in [1.165, 1.54) is 7.11 Å². The Morgan fingerprint density at radius 3 is 2.87 bits per heavy atom. The van der Waals surface area contributed by atoms with E-state index in [1.807, 2.05) is 6.92 Å². The second-order valence-corrected chi connectivity index (χ2v) is 4.54. The molecular weight excluding hydrogens is 212 g/mol. The predicted molar refractivity (Wildman–Crippen MR) is 60.2 cm³/mol. The molecule has 0 aliphatic heterocycles. The Labute approximate surface area is 93.5 Å². The van der Waals surface area contributed by atoms with Crippen molar-refractivity contribution >= 4 is 17.3 Å². The Hall–Kier alpha value is -0.940. The maximum atomic E-state index is 11.3. The van der Waals surface area contributed by atoms with E-state index >= 15 is 0 Å². The lowest BCUT2D eigenvalue weighted by molar-refractivity contribution is 0.0594. The van der Waals surface area contributed by atoms with Gasteiger partial charge in [0.1, 0.15) is 0 Å². The fourth-order valence-electron chi connectivity index (χ4n) is 1.26. The normalized spacial score (nSPS) is 10.3. The molecule has 1 rings (SSSR count). The van der Waals surface area contributed by atoms with Gasteiger partial charge >= 0.3 is 5.97 Å². The van der Waals surface area contributed by atoms with Crippen LogP contribution in [0.5, 0.6) is 0 Å². The van der Waals surface area contributed by atoms with Crippen LogP contribution in [-0.2, 0) is 11.2 Å². The van der Waals surface area contributed by atoms with Gasteiger partial charge in [-0.25, -0.2) is 9.78 Å². The zero-order valence-electron chi connectivity index (χ0n) is 9.08. The van der Waals surface area contributed by atoms with Crippen LogP contribution in [-0.4, -0.2) is 24.6 Å². The molecule has 0 radical (unpaired) electrons. The van der Waals surface area contributed by atoms with Crippen LogP contribution in [0.2, 0.25) is 0 Å². The Balaban J connectivity index is 2.64. The first kappa shape index (κ1) is 12.1. The molecule has 4 nitrogen and oxygen atoms in total. The summed E-state index contributed by atoms with van der Waals surface area (Å²) in [4.78, 5) is 16.5. The molecule has 15 heavy (non-hydrogen) atoms. The van der Waals surface area contributed by atoms with E-state index in [2.05, 4.69) is 9.72 Å². The minimum absolute atomic E-state index is 0.353. The van der Waals surface area contributed by atoms with Crippen LogP contribution < -0.4 is 5.73 Å². The molecule has 0 aliphatic carbocycles. The number of aromatic nitrogens is 1. The number of unbranched alkanes of at least 4 members (excludes halogenated alkanes) is 1. The van der Waals surface area contributed by atoms with Gasteiger partial charge in [0.15, 0.2) is 5.69 Å². The summed E-state index contributed by atoms with van der Waals surface area (Å²) in [7, 11) is 1.37. The zero-order valence-corrected chi connectivity index (χ0v) is 9.89. The van der Waals surface area contributed by atoms with Gasteiger partial charge in [-0.3, -0.25) is 0 Å². The summed E-state index contributed by atoms with van der Waals surface area (Å²) in [6.45, 7) is 2.59. The van der Waals surface area contributed by atoms with Gasteiger partial charge in [-0.15, -0.1) is 11.3 Å². The number of carbonyl (C=O) groups excluding carboxylic acids is 1. The number of carbonyl (C=O) groups is 1. The smallest absolute Gasteiger partial charge is 0.357 e. The predicted octanol–water partition coefficient (Wildman–Crippen LogP) is 1.52. The summed E-state index contributed by atoms with van der Waals surface area (Å²) in [5.41, 5.74) is 5.86. The number of hydrogen-bond acceptors (Lipinski definition) is 5. The minimum atomic E-state index is -0.353. The molecular formula is C10H16N2O2S. The monoisotopic (exact) mass is 228 g/mol. The number of thiazole rings is 1. The number of esters is 1. The number of hydrogen-bond donors (Lipinski definition) is 1. The SMILES string of the molecule is COC(=O)c1nc(CCCCN)sc1C. The largest absolute Gasteiger partial charge is 0.464 e. The molecule has 0 saturated heterocycles. The third-order valence-electron chi connectivity index (χ3n) is 2.06. The molecule has 5 heteroatoms. The summed E-state index contributed by atoms with van der Waals surface area (Å²) in [5.74, 6) is -0.353. The Morgan fingerprint density at radius 2 is 2.27 bits per heavy atom. The van der Waals surface area contributed by atoms with Gasteiger partial charge in [-0.1, -0.05) is 0 Å². The van der Waals surface area contributed by atoms with E-state index in [-0.39, 0.29) is 5.97 Å². The number of nitrogens with two attached hydrogens (primary N) is 1. The fourth-order valence-corrected chi connectivity index (χ4v) is 2.23. The van der Waals surface area contributed by atoms with E-state index in [1.54, 1.807) is 11.3 Å². The van der Waals surface area contributed by atoms with Gasteiger partial charge in [0.2, 0.25) is 0 Å². The molecule has 1 heterocycles. The zero-order chi connectivity index (χ0) is 11.3. The summed E-state index contributed by atoms with van der Waals surface area (Å²) >= 11 is 1.56. The highest BCUT2D eigenvalue weighted by Gasteiger charge is 2.15. The molecule has 0 amide bonds. The summed E-state index contributed by atoms with van der Waals surface area (Å²) in [6.07, 6.45) is 2.90. The van der Waals surface area contributed by atoms with Crippen molar-refractivity contribution in [1.29, 1.82) is 0 Å². The number of ether oxygens (including phenoxy) is 1. The van der Waals surface area contributed by atoms with Crippen molar-refractivity contribution in [3.05, 3.63) is 15.6 Å². The van der Waals surface area contributed by atoms with Crippen LogP contribution in [0.15, 0.2) is 0 Å². The van der Waals surface area contributed by atoms with Crippen molar-refractivity contribution in [2.45, 2.75) is 26.2 Å². The molecule has 0 unspecified atom stereocenters. The average molecular weight is 228 g/mol. The van der Waals surface area contributed by atoms with Gasteiger partial charge in [-0.2, -0.15) is 0 Å². The topological polar surface area (TPSA) is 65.2 Å². The third kappa shape index (κ3) is 3.28. The summed E-state index contributed by atoms with van der Waals surface area (Å²) in [6, 6.07) is 0. The lowest BCUT2D eigenvalue weighted by atomic mass is 10.2. The number of methoxy groups -OCH3 is 1. The highest BCUT2D eigenvalue weighted by molar-refractivity contribution is 7.11. The van der Waals surface area contributed by atoms with Crippen LogP contribution in [0.25, 0.3) is 0 Å². The van der Waals surface area contributed by atoms with Gasteiger partial charge in [0, 0.05) is 4.88 Å². The molecule has 0 spiro atoms. The molecule has 0 aromatic carbocycles. The Kier molecular flexibility index (Phi) is 4.71. The van der Waals surface area contributed by atoms with E-state index < -0.39 is 0 Å². The van der Waals surface area contributed by atoms with Crippen molar-refractivity contribution < 1.29 is 9.53 Å². The first-order valence-corrected chi connectivity index (χ1v) is 5.75. The quantitative estimate of drug-likeness (QED) is 0.613. The van der Waals surface area contributed by atoms with Crippen molar-refractivity contribution in [3.8, 4) is 0 Å². The lowest BCUT2D eigenvalue weighted by Gasteiger charge is -1.94. The maximum Gasteiger partial charge on any atom is 0.357 e. The maximum absolute atomic E-state index is 11.3. The van der Waals surface area contributed by atoms with Crippen LogP contribution in [0, 0.1) is 6.92 Å². The third-order valence-corrected chi connectivity index (χ3v) is 3.09. The van der Waals surface area contributed by atoms with Gasteiger partial charge in [0.25, 0.3) is 0 Å². The molecule has 0 fully saturated rings. The van der Waals surface area contributed by atoms with E-state index in [9.17, 15) is 4.79 Å². The molecule has 2 N–H and O–H groups in total. The minimum Gasteiger partial charge on any atom is -0.464 e. The fraction of sp³-hybridized carbons (Fsp3) is 0.600. The van der Waals surface area contributed by atoms with Crippen molar-refractivity contribution in [2.75, 3.05) is 13.7 Å². The molecule has 1 aromatic heterocycles. The van der Waals surface area contributed by atoms with Crippen LogP contribution in [0.3, 0.4) is 0 Å². The van der Waals surface area contributed by atoms with Gasteiger partial charge in [0.05, 0.1) is 12.1 Å². The van der Waals surface area contributed by atoms with E-state index in [0.717, 1.165) is 29.1 Å². The van der Waals surface area contributed by atoms with Crippen molar-refractivity contribution in [3.63, 3.8) is 0 Å². The van der Waals surface area contributed by atoms with E-state index in [4.69, 9.17) is 5.73 Å². The van der Waals surface area contributed by atoms with Crippen molar-refractivity contribution in [1.82, 2.24) is 4.98 Å². The van der Waals surface area contributed by atoms with Crippen LogP contribution in [0.1, 0.15) is 33.2 Å². The van der Waals surface area contributed by atoms with Gasteiger partial charge < -0.3 is 10.5 Å². The number of aryl methyl sites for hydroxylation is 2. The van der Waals surface area contributed by atoms with Crippen LogP contribution in [0.4, 0.5) is 0 Å². The second kappa shape index (κ2) is 5.82. The van der Waals surface area contributed by atoms with Gasteiger partial charge in [-0.05, 0) is 32.7 Å². The number of nitrogens with zero attached hydrogens (tertiary/aromatic N) is 1. The molecule has 1 aromatic rings.